The molecule has 0 atom stereocenters. The van der Waals surface area contributed by atoms with Crippen LogP contribution >= 0.6 is 0 Å². The minimum absolute atomic E-state index is 0.0994. The Morgan fingerprint density at radius 2 is 2.12 bits per heavy atom. The number of nitrogens with zero attached hydrogens (tertiary/aromatic N) is 4. The number of carbonyl (C=O) groups excluding carboxylic acids is 1. The molecule has 0 saturated heterocycles. The molecule has 1 amide bonds. The first-order chi connectivity index (χ1) is 11.7. The Bertz CT molecular complexity index is 885. The van der Waals surface area contributed by atoms with Gasteiger partial charge in [0.05, 0.1) is 0 Å². The van der Waals surface area contributed by atoms with Gasteiger partial charge in [0.2, 0.25) is 5.91 Å². The fraction of sp³-hybridized carbons (Fsp3) is 0.211. The van der Waals surface area contributed by atoms with Crippen LogP contribution in [0.2, 0.25) is 0 Å². The van der Waals surface area contributed by atoms with E-state index in [0.717, 1.165) is 42.1 Å². The van der Waals surface area contributed by atoms with Crippen molar-refractivity contribution in [3.8, 4) is 17.1 Å². The molecular formula is C19H18N4O. The van der Waals surface area contributed by atoms with Gasteiger partial charge in [-0.05, 0) is 48.7 Å². The van der Waals surface area contributed by atoms with Crippen LogP contribution in [0.4, 0.5) is 5.69 Å². The maximum Gasteiger partial charge on any atom is 0.223 e. The summed E-state index contributed by atoms with van der Waals surface area (Å²) in [6, 6.07) is 10.2. The lowest BCUT2D eigenvalue weighted by Gasteiger charge is -2.29. The fourth-order valence-corrected chi connectivity index (χ4v) is 3.28. The van der Waals surface area contributed by atoms with Crippen LogP contribution in [0.1, 0.15) is 18.9 Å². The monoisotopic (exact) mass is 318 g/mol. The van der Waals surface area contributed by atoms with Crippen molar-refractivity contribution in [1.82, 2.24) is 14.5 Å². The lowest BCUT2D eigenvalue weighted by atomic mass is 10.0. The van der Waals surface area contributed by atoms with Gasteiger partial charge in [0.25, 0.3) is 0 Å². The number of hydrogen-bond acceptors (Lipinski definition) is 3. The van der Waals surface area contributed by atoms with Gasteiger partial charge in [-0.25, -0.2) is 4.98 Å². The van der Waals surface area contributed by atoms with Crippen LogP contribution < -0.4 is 4.90 Å². The number of rotatable bonds is 2. The lowest BCUT2D eigenvalue weighted by Crippen LogP contribution is -2.33. The van der Waals surface area contributed by atoms with E-state index in [1.54, 1.807) is 19.3 Å². The number of anilines is 1. The average molecular weight is 318 g/mol. The normalized spacial score (nSPS) is 13.6. The van der Waals surface area contributed by atoms with Crippen molar-refractivity contribution in [2.75, 3.05) is 11.4 Å². The molecule has 1 aliphatic heterocycles. The Kier molecular flexibility index (Phi) is 3.61. The van der Waals surface area contributed by atoms with Crippen LogP contribution in [0.15, 0.2) is 55.1 Å². The van der Waals surface area contributed by atoms with Crippen molar-refractivity contribution >= 4 is 11.6 Å². The van der Waals surface area contributed by atoms with Gasteiger partial charge in [-0.2, -0.15) is 0 Å². The molecule has 1 aromatic carbocycles. The summed E-state index contributed by atoms with van der Waals surface area (Å²) in [5.41, 5.74) is 4.27. The summed E-state index contributed by atoms with van der Waals surface area (Å²) in [7, 11) is 0. The molecule has 0 N–H and O–H groups in total. The third kappa shape index (κ3) is 2.48. The average Bonchev–Trinajstić information content (AvgIpc) is 3.11. The zero-order chi connectivity index (χ0) is 16.5. The van der Waals surface area contributed by atoms with Gasteiger partial charge in [-0.15, -0.1) is 0 Å². The number of aromatic nitrogens is 3. The van der Waals surface area contributed by atoms with Crippen molar-refractivity contribution in [3.63, 3.8) is 0 Å². The van der Waals surface area contributed by atoms with Crippen molar-refractivity contribution in [2.45, 2.75) is 19.8 Å². The summed E-state index contributed by atoms with van der Waals surface area (Å²) < 4.78 is 2.06. The molecule has 0 aliphatic carbocycles. The Morgan fingerprint density at radius 1 is 1.21 bits per heavy atom. The number of pyridine rings is 1. The smallest absolute Gasteiger partial charge is 0.223 e. The molecule has 3 heterocycles. The molecule has 1 aliphatic rings. The van der Waals surface area contributed by atoms with Gasteiger partial charge in [-0.1, -0.05) is 0 Å². The number of aryl methyl sites for hydroxylation is 1. The van der Waals surface area contributed by atoms with Gasteiger partial charge in [-0.3, -0.25) is 14.3 Å². The molecule has 2 aromatic heterocycles. The molecule has 4 rings (SSSR count). The van der Waals surface area contributed by atoms with E-state index in [1.807, 2.05) is 41.6 Å². The van der Waals surface area contributed by atoms with Crippen molar-refractivity contribution in [2.24, 2.45) is 0 Å². The first-order valence-electron chi connectivity index (χ1n) is 8.09. The molecule has 24 heavy (non-hydrogen) atoms. The summed E-state index contributed by atoms with van der Waals surface area (Å²) in [5.74, 6) is 0.963. The van der Waals surface area contributed by atoms with Crippen LogP contribution in [0.3, 0.4) is 0 Å². The summed E-state index contributed by atoms with van der Waals surface area (Å²) in [4.78, 5) is 22.3. The second kappa shape index (κ2) is 5.92. The van der Waals surface area contributed by atoms with E-state index in [2.05, 4.69) is 20.6 Å². The molecule has 0 fully saturated rings. The fourth-order valence-electron chi connectivity index (χ4n) is 3.28. The van der Waals surface area contributed by atoms with E-state index in [-0.39, 0.29) is 5.91 Å². The second-order valence-electron chi connectivity index (χ2n) is 5.95. The minimum Gasteiger partial charge on any atom is -0.312 e. The lowest BCUT2D eigenvalue weighted by molar-refractivity contribution is -0.116. The molecule has 5 nitrogen and oxygen atoms in total. The zero-order valence-electron chi connectivity index (χ0n) is 13.5. The van der Waals surface area contributed by atoms with Gasteiger partial charge in [0.1, 0.15) is 5.82 Å². The Balaban J connectivity index is 1.77. The quantitative estimate of drug-likeness (QED) is 0.729. The number of imidazole rings is 1. The summed E-state index contributed by atoms with van der Waals surface area (Å²) in [5, 5.41) is 0. The molecule has 0 radical (unpaired) electrons. The summed E-state index contributed by atoms with van der Waals surface area (Å²) >= 11 is 0. The van der Waals surface area contributed by atoms with Crippen LogP contribution in [0, 0.1) is 0 Å². The predicted octanol–water partition coefficient (Wildman–Crippen LogP) is 3.23. The highest BCUT2D eigenvalue weighted by Crippen LogP contribution is 2.30. The first-order valence-corrected chi connectivity index (χ1v) is 8.09. The largest absolute Gasteiger partial charge is 0.312 e. The maximum atomic E-state index is 11.8. The van der Waals surface area contributed by atoms with Gasteiger partial charge in [0.15, 0.2) is 0 Å². The number of benzene rings is 1. The van der Waals surface area contributed by atoms with Crippen molar-refractivity contribution < 1.29 is 4.79 Å². The highest BCUT2D eigenvalue weighted by molar-refractivity contribution is 5.93. The zero-order valence-corrected chi connectivity index (χ0v) is 13.5. The molecule has 0 saturated carbocycles. The highest BCUT2D eigenvalue weighted by atomic mass is 16.2. The Labute approximate surface area is 140 Å². The third-order valence-electron chi connectivity index (χ3n) is 4.40. The molecule has 3 aromatic rings. The SMILES string of the molecule is CC(=O)N1CCCc2cc(-n3ccnc3-c3cccnc3)ccc21. The van der Waals surface area contributed by atoms with Crippen LogP contribution in [-0.2, 0) is 11.2 Å². The number of fused-ring (bicyclic) bond motifs is 1. The number of amides is 1. The van der Waals surface area contributed by atoms with Gasteiger partial charge < -0.3 is 4.90 Å². The summed E-state index contributed by atoms with van der Waals surface area (Å²) in [6.07, 6.45) is 9.30. The van der Waals surface area contributed by atoms with Crippen LogP contribution in [-0.4, -0.2) is 27.0 Å². The number of carbonyl (C=O) groups is 1. The topological polar surface area (TPSA) is 51.0 Å². The van der Waals surface area contributed by atoms with E-state index in [9.17, 15) is 4.79 Å². The van der Waals surface area contributed by atoms with E-state index >= 15 is 0 Å². The summed E-state index contributed by atoms with van der Waals surface area (Å²) in [6.45, 7) is 2.42. The van der Waals surface area contributed by atoms with Crippen LogP contribution in [0.25, 0.3) is 17.1 Å². The van der Waals surface area contributed by atoms with E-state index in [1.165, 1.54) is 5.56 Å². The molecule has 120 valence electrons. The van der Waals surface area contributed by atoms with E-state index < -0.39 is 0 Å². The second-order valence-corrected chi connectivity index (χ2v) is 5.95. The molecule has 5 heteroatoms. The third-order valence-corrected chi connectivity index (χ3v) is 4.40. The van der Waals surface area contributed by atoms with Crippen LogP contribution in [0.5, 0.6) is 0 Å². The van der Waals surface area contributed by atoms with Crippen molar-refractivity contribution in [1.29, 1.82) is 0 Å². The van der Waals surface area contributed by atoms with Gasteiger partial charge >= 0.3 is 0 Å². The van der Waals surface area contributed by atoms with E-state index in [4.69, 9.17) is 0 Å². The standard InChI is InChI=1S/C19H18N4O/c1-14(24)22-10-3-5-15-12-17(6-7-18(15)22)23-11-9-21-19(23)16-4-2-8-20-13-16/h2,4,6-9,11-13H,3,5,10H2,1H3. The highest BCUT2D eigenvalue weighted by Gasteiger charge is 2.20. The molecule has 0 bridgehead atoms. The Morgan fingerprint density at radius 3 is 2.92 bits per heavy atom. The van der Waals surface area contributed by atoms with Gasteiger partial charge in [0, 0.05) is 55.2 Å². The maximum absolute atomic E-state index is 11.8. The minimum atomic E-state index is 0.0994. The van der Waals surface area contributed by atoms with Crippen molar-refractivity contribution in [3.05, 3.63) is 60.7 Å². The first kappa shape index (κ1) is 14.6. The molecule has 0 spiro atoms. The molecule has 0 unspecified atom stereocenters. The van der Waals surface area contributed by atoms with E-state index in [0.29, 0.717) is 0 Å². The molecular weight excluding hydrogens is 300 g/mol. The Hall–Kier alpha value is -2.95. The number of hydrogen-bond donors (Lipinski definition) is 0. The predicted molar refractivity (Wildman–Crippen MR) is 93.1 cm³/mol.